The van der Waals surface area contributed by atoms with Gasteiger partial charge < -0.3 is 9.16 Å². The van der Waals surface area contributed by atoms with Crippen molar-refractivity contribution in [2.75, 3.05) is 6.61 Å². The van der Waals surface area contributed by atoms with Crippen LogP contribution in [0, 0.1) is 11.8 Å². The minimum Gasteiger partial charge on any atom is -0.392 e. The van der Waals surface area contributed by atoms with Crippen molar-refractivity contribution in [1.82, 2.24) is 0 Å². The van der Waals surface area contributed by atoms with Crippen LogP contribution in [0.25, 0.3) is 0 Å². The minimum atomic E-state index is -1.79. The van der Waals surface area contributed by atoms with Crippen LogP contribution in [0.5, 0.6) is 0 Å². The van der Waals surface area contributed by atoms with Gasteiger partial charge in [-0.1, -0.05) is 102 Å². The molecule has 0 radical (unpaired) electrons. The lowest BCUT2D eigenvalue weighted by molar-refractivity contribution is -0.0730. The quantitative estimate of drug-likeness (QED) is 0.118. The molecule has 26 heavy (non-hydrogen) atoms. The number of rotatable bonds is 12. The first kappa shape index (κ1) is 24.9. The number of unbranched alkanes of at least 4 members (excludes halogenated alkanes) is 5. The number of hydrogen-bond donors (Lipinski definition) is 0. The van der Waals surface area contributed by atoms with Gasteiger partial charge in [0, 0.05) is 15.8 Å². The molecule has 0 N–H and O–H groups in total. The zero-order valence-corrected chi connectivity index (χ0v) is 21.7. The van der Waals surface area contributed by atoms with Gasteiger partial charge in [0.25, 0.3) is 0 Å². The number of hydrogen-bond acceptors (Lipinski definition) is 2. The maximum atomic E-state index is 6.74. The molecular formula is C22H45IO2Si. The summed E-state index contributed by atoms with van der Waals surface area (Å²) in [7, 11) is -1.79. The van der Waals surface area contributed by atoms with Gasteiger partial charge in [-0.15, -0.1) is 0 Å². The van der Waals surface area contributed by atoms with E-state index in [-0.39, 0.29) is 11.3 Å². The van der Waals surface area contributed by atoms with Crippen molar-refractivity contribution in [2.45, 2.75) is 121 Å². The summed E-state index contributed by atoms with van der Waals surface area (Å²) in [5, 5.41) is 0.242. The van der Waals surface area contributed by atoms with Gasteiger partial charge in [-0.2, -0.15) is 0 Å². The lowest BCUT2D eigenvalue weighted by Crippen LogP contribution is -2.45. The lowest BCUT2D eigenvalue weighted by Gasteiger charge is -2.39. The molecule has 1 heterocycles. The second kappa shape index (κ2) is 11.8. The molecule has 4 unspecified atom stereocenters. The monoisotopic (exact) mass is 496 g/mol. The van der Waals surface area contributed by atoms with Gasteiger partial charge >= 0.3 is 0 Å². The van der Waals surface area contributed by atoms with E-state index in [1.165, 1.54) is 57.8 Å². The normalized spacial score (nSPS) is 25.6. The van der Waals surface area contributed by atoms with Gasteiger partial charge in [0.2, 0.25) is 0 Å². The van der Waals surface area contributed by atoms with Crippen LogP contribution in [-0.4, -0.2) is 25.1 Å². The fraction of sp³-hybridized carbons (Fsp3) is 1.00. The van der Waals surface area contributed by atoms with Gasteiger partial charge in [-0.25, -0.2) is 0 Å². The molecule has 1 fully saturated rings. The Hall–Kier alpha value is 0.867. The third kappa shape index (κ3) is 7.71. The molecule has 0 bridgehead atoms. The van der Waals surface area contributed by atoms with E-state index in [2.05, 4.69) is 70.3 Å². The summed E-state index contributed by atoms with van der Waals surface area (Å²) in [6.07, 6.45) is 12.1. The highest BCUT2D eigenvalue weighted by atomic mass is 127. The van der Waals surface area contributed by atoms with Gasteiger partial charge in [0.05, 0.1) is 6.61 Å². The first-order valence-electron chi connectivity index (χ1n) is 11.1. The third-order valence-corrected chi connectivity index (χ3v) is 12.5. The Bertz CT molecular complexity index is 381. The average Bonchev–Trinajstić information content (AvgIpc) is 2.92. The first-order valence-corrected chi connectivity index (χ1v) is 15.2. The highest BCUT2D eigenvalue weighted by Crippen LogP contribution is 2.43. The molecule has 4 heteroatoms. The van der Waals surface area contributed by atoms with E-state index in [0.717, 1.165) is 10.5 Å². The van der Waals surface area contributed by atoms with E-state index in [1.807, 2.05) is 0 Å². The summed E-state index contributed by atoms with van der Waals surface area (Å²) in [6, 6.07) is 0. The van der Waals surface area contributed by atoms with Crippen molar-refractivity contribution in [3.63, 3.8) is 0 Å². The molecular weight excluding hydrogens is 451 g/mol. The Kier molecular flexibility index (Phi) is 11.3. The molecule has 1 aliphatic rings. The molecule has 0 aliphatic carbocycles. The van der Waals surface area contributed by atoms with Crippen LogP contribution in [0.2, 0.25) is 18.1 Å². The van der Waals surface area contributed by atoms with Crippen LogP contribution in [0.4, 0.5) is 0 Å². The molecule has 2 nitrogen and oxygen atoms in total. The number of ether oxygens (including phenoxy) is 1. The van der Waals surface area contributed by atoms with E-state index < -0.39 is 8.32 Å². The van der Waals surface area contributed by atoms with Crippen molar-refractivity contribution < 1.29 is 9.16 Å². The van der Waals surface area contributed by atoms with Crippen LogP contribution < -0.4 is 0 Å². The second-order valence-corrected chi connectivity index (χ2v) is 16.1. The van der Waals surface area contributed by atoms with Crippen molar-refractivity contribution in [1.29, 1.82) is 0 Å². The summed E-state index contributed by atoms with van der Waals surface area (Å²) in [5.74, 6) is 1.25. The Morgan fingerprint density at radius 2 is 1.65 bits per heavy atom. The second-order valence-electron chi connectivity index (χ2n) is 9.77. The van der Waals surface area contributed by atoms with Crippen molar-refractivity contribution in [2.24, 2.45) is 11.8 Å². The van der Waals surface area contributed by atoms with E-state index in [4.69, 9.17) is 9.16 Å². The van der Waals surface area contributed by atoms with Crippen LogP contribution >= 0.6 is 22.6 Å². The zero-order valence-electron chi connectivity index (χ0n) is 18.6. The van der Waals surface area contributed by atoms with Gasteiger partial charge in [0.15, 0.2) is 14.6 Å². The van der Waals surface area contributed by atoms with E-state index in [1.54, 1.807) is 0 Å². The lowest BCUT2D eigenvalue weighted by atomic mass is 9.86. The molecule has 0 aromatic heterocycles. The number of halogens is 1. The molecule has 0 aromatic rings. The van der Waals surface area contributed by atoms with Gasteiger partial charge in [-0.05, 0) is 31.0 Å². The maximum absolute atomic E-state index is 6.74. The highest BCUT2D eigenvalue weighted by molar-refractivity contribution is 14.1. The summed E-state index contributed by atoms with van der Waals surface area (Å²) < 4.78 is 13.7. The smallest absolute Gasteiger partial charge is 0.195 e. The molecule has 1 aliphatic heterocycles. The van der Waals surface area contributed by atoms with Gasteiger partial charge in [-0.3, -0.25) is 0 Å². The molecule has 1 saturated heterocycles. The standard InChI is InChI=1S/C22H45IO2Si/c1-8-10-11-12-13-14-16-18-19(20(23)15-9-2)17-24-21(18)25-26(6,7)22(3,4)5/h18-21H,8-17H2,1-7H3. The number of alkyl halides is 1. The third-order valence-electron chi connectivity index (χ3n) is 6.49. The SMILES string of the molecule is CCCCCCCCC1C(O[Si](C)(C)C(C)(C)C)OCC1C(I)CCC. The molecule has 4 atom stereocenters. The summed E-state index contributed by atoms with van der Waals surface area (Å²) in [4.78, 5) is 0. The van der Waals surface area contributed by atoms with Crippen LogP contribution in [0.3, 0.4) is 0 Å². The highest BCUT2D eigenvalue weighted by Gasteiger charge is 2.46. The predicted octanol–water partition coefficient (Wildman–Crippen LogP) is 7.95. The molecule has 1 rings (SSSR count). The Labute approximate surface area is 178 Å². The minimum absolute atomic E-state index is 0.0330. The predicted molar refractivity (Wildman–Crippen MR) is 126 cm³/mol. The average molecular weight is 497 g/mol. The van der Waals surface area contributed by atoms with Crippen molar-refractivity contribution in [3.05, 3.63) is 0 Å². The van der Waals surface area contributed by atoms with E-state index >= 15 is 0 Å². The first-order chi connectivity index (χ1) is 12.1. The summed E-state index contributed by atoms with van der Waals surface area (Å²) in [6.45, 7) is 17.2. The van der Waals surface area contributed by atoms with Gasteiger partial charge in [0.1, 0.15) is 0 Å². The van der Waals surface area contributed by atoms with Crippen LogP contribution in [0.1, 0.15) is 92.4 Å². The van der Waals surface area contributed by atoms with Crippen molar-refractivity contribution >= 4 is 30.9 Å². The topological polar surface area (TPSA) is 18.5 Å². The summed E-state index contributed by atoms with van der Waals surface area (Å²) in [5.41, 5.74) is 0. The fourth-order valence-corrected chi connectivity index (χ4v) is 6.16. The largest absolute Gasteiger partial charge is 0.392 e. The van der Waals surface area contributed by atoms with Crippen LogP contribution in [-0.2, 0) is 9.16 Å². The van der Waals surface area contributed by atoms with Crippen molar-refractivity contribution in [3.8, 4) is 0 Å². The van der Waals surface area contributed by atoms with E-state index in [0.29, 0.717) is 11.8 Å². The molecule has 0 spiro atoms. The Morgan fingerprint density at radius 3 is 2.23 bits per heavy atom. The Balaban J connectivity index is 2.68. The molecule has 0 aromatic carbocycles. The maximum Gasteiger partial charge on any atom is 0.195 e. The summed E-state index contributed by atoms with van der Waals surface area (Å²) >= 11 is 2.68. The molecule has 156 valence electrons. The Morgan fingerprint density at radius 1 is 1.04 bits per heavy atom. The van der Waals surface area contributed by atoms with Crippen LogP contribution in [0.15, 0.2) is 0 Å². The molecule has 0 amide bonds. The fourth-order valence-electron chi connectivity index (χ4n) is 3.62. The zero-order chi connectivity index (χ0) is 19.8. The van der Waals surface area contributed by atoms with E-state index in [9.17, 15) is 0 Å². The molecule has 0 saturated carbocycles.